The van der Waals surface area contributed by atoms with E-state index in [1.165, 1.54) is 19.2 Å². The number of likely N-dealkylation sites (N-methyl/N-ethyl adjacent to an activating group) is 1. The van der Waals surface area contributed by atoms with Crippen molar-refractivity contribution in [3.05, 3.63) is 27.8 Å². The molecular weight excluding hydrogens is 276 g/mol. The average Bonchev–Trinajstić information content (AvgIpc) is 2.45. The second kappa shape index (κ2) is 5.78. The number of nitrogens with one attached hydrogen (secondary N) is 3. The number of carbonyl (C=O) groups is 2. The number of amides is 2. The van der Waals surface area contributed by atoms with E-state index in [9.17, 15) is 19.7 Å². The zero-order valence-electron chi connectivity index (χ0n) is 11.7. The Morgan fingerprint density at radius 1 is 1.43 bits per heavy atom. The number of nitro benzene ring substituents is 1. The first-order valence-electron chi connectivity index (χ1n) is 6.51. The van der Waals surface area contributed by atoms with Crippen LogP contribution >= 0.6 is 0 Å². The molecule has 0 radical (unpaired) electrons. The molecule has 1 aliphatic rings. The van der Waals surface area contributed by atoms with Gasteiger partial charge in [-0.2, -0.15) is 0 Å². The van der Waals surface area contributed by atoms with E-state index in [1.54, 1.807) is 6.92 Å². The van der Waals surface area contributed by atoms with Gasteiger partial charge in [-0.25, -0.2) is 0 Å². The maximum absolute atomic E-state index is 11.5. The Morgan fingerprint density at radius 3 is 2.76 bits per heavy atom. The monoisotopic (exact) mass is 292 g/mol. The fraction of sp³-hybridized carbons (Fsp3) is 0.385. The molecule has 2 rings (SSSR count). The van der Waals surface area contributed by atoms with Crippen LogP contribution in [0.4, 0.5) is 17.1 Å². The highest BCUT2D eigenvalue weighted by Gasteiger charge is 2.24. The molecule has 0 aliphatic carbocycles. The number of rotatable bonds is 4. The first-order valence-corrected chi connectivity index (χ1v) is 6.51. The van der Waals surface area contributed by atoms with Gasteiger partial charge in [0.25, 0.3) is 5.69 Å². The predicted molar refractivity (Wildman–Crippen MR) is 77.2 cm³/mol. The van der Waals surface area contributed by atoms with Crippen LogP contribution in [0.5, 0.6) is 0 Å². The Hall–Kier alpha value is -2.64. The Bertz CT molecular complexity index is 614. The van der Waals surface area contributed by atoms with Crippen LogP contribution in [-0.2, 0) is 16.0 Å². The third-order valence-electron chi connectivity index (χ3n) is 3.33. The van der Waals surface area contributed by atoms with Crippen molar-refractivity contribution in [2.45, 2.75) is 25.8 Å². The zero-order valence-corrected chi connectivity index (χ0v) is 11.7. The third kappa shape index (κ3) is 3.10. The molecule has 2 amide bonds. The largest absolute Gasteiger partial charge is 0.368 e. The van der Waals surface area contributed by atoms with Crippen LogP contribution in [-0.4, -0.2) is 29.8 Å². The second-order valence-electron chi connectivity index (χ2n) is 4.81. The molecule has 1 heterocycles. The summed E-state index contributed by atoms with van der Waals surface area (Å²) in [5.74, 6) is -0.410. The lowest BCUT2D eigenvalue weighted by Gasteiger charge is -2.20. The van der Waals surface area contributed by atoms with Crippen molar-refractivity contribution in [2.24, 2.45) is 0 Å². The Morgan fingerprint density at radius 2 is 2.14 bits per heavy atom. The van der Waals surface area contributed by atoms with Gasteiger partial charge in [-0.15, -0.1) is 0 Å². The summed E-state index contributed by atoms with van der Waals surface area (Å²) in [6.07, 6.45) is 0.777. The molecule has 8 nitrogen and oxygen atoms in total. The summed E-state index contributed by atoms with van der Waals surface area (Å²) < 4.78 is 0. The molecule has 0 bridgehead atoms. The lowest BCUT2D eigenvalue weighted by molar-refractivity contribution is -0.384. The quantitative estimate of drug-likeness (QED) is 0.566. The van der Waals surface area contributed by atoms with E-state index in [4.69, 9.17) is 0 Å². The SMILES string of the molecule is CNC(=O)C(C)Nc1cc2c(cc1[N+](=O)[O-])CCC(=O)N2. The zero-order chi connectivity index (χ0) is 15.6. The fourth-order valence-electron chi connectivity index (χ4n) is 2.20. The van der Waals surface area contributed by atoms with Crippen LogP contribution < -0.4 is 16.0 Å². The smallest absolute Gasteiger partial charge is 0.292 e. The number of anilines is 2. The summed E-state index contributed by atoms with van der Waals surface area (Å²) in [5, 5.41) is 19.1. The van der Waals surface area contributed by atoms with Gasteiger partial charge in [-0.1, -0.05) is 0 Å². The van der Waals surface area contributed by atoms with Crippen molar-refractivity contribution in [2.75, 3.05) is 17.7 Å². The van der Waals surface area contributed by atoms with Crippen LogP contribution in [0.2, 0.25) is 0 Å². The molecular formula is C13H16N4O4. The third-order valence-corrected chi connectivity index (χ3v) is 3.33. The molecule has 1 atom stereocenters. The summed E-state index contributed by atoms with van der Waals surface area (Å²) >= 11 is 0. The Labute approximate surface area is 121 Å². The van der Waals surface area contributed by atoms with Gasteiger partial charge in [-0.3, -0.25) is 19.7 Å². The van der Waals surface area contributed by atoms with E-state index in [2.05, 4.69) is 16.0 Å². The van der Waals surface area contributed by atoms with E-state index >= 15 is 0 Å². The number of hydrogen-bond acceptors (Lipinski definition) is 5. The topological polar surface area (TPSA) is 113 Å². The molecule has 0 fully saturated rings. The molecule has 3 N–H and O–H groups in total. The van der Waals surface area contributed by atoms with Crippen molar-refractivity contribution >= 4 is 28.9 Å². The van der Waals surface area contributed by atoms with Crippen LogP contribution in [0.15, 0.2) is 12.1 Å². The minimum atomic E-state index is -0.633. The van der Waals surface area contributed by atoms with Gasteiger partial charge >= 0.3 is 0 Å². The average molecular weight is 292 g/mol. The first kappa shape index (κ1) is 14.8. The van der Waals surface area contributed by atoms with Crippen molar-refractivity contribution < 1.29 is 14.5 Å². The maximum Gasteiger partial charge on any atom is 0.292 e. The molecule has 0 aromatic heterocycles. The summed E-state index contributed by atoms with van der Waals surface area (Å²) in [6.45, 7) is 1.60. The molecule has 1 unspecified atom stereocenters. The first-order chi connectivity index (χ1) is 9.92. The number of fused-ring (bicyclic) bond motifs is 1. The predicted octanol–water partition coefficient (Wildman–Crippen LogP) is 1.03. The molecule has 1 aliphatic heterocycles. The van der Waals surface area contributed by atoms with E-state index in [1.807, 2.05) is 0 Å². The van der Waals surface area contributed by atoms with E-state index in [0.717, 1.165) is 5.56 Å². The molecule has 1 aromatic carbocycles. The standard InChI is InChI=1S/C13H16N4O4/c1-7(13(19)14-2)15-10-6-9-8(3-4-12(18)16-9)5-11(10)17(20)21/h5-7,15H,3-4H2,1-2H3,(H,14,19)(H,16,18). The lowest BCUT2D eigenvalue weighted by atomic mass is 10.0. The van der Waals surface area contributed by atoms with Crippen molar-refractivity contribution in [1.29, 1.82) is 0 Å². The van der Waals surface area contributed by atoms with E-state index < -0.39 is 11.0 Å². The molecule has 0 saturated carbocycles. The van der Waals surface area contributed by atoms with Crippen molar-refractivity contribution in [3.8, 4) is 0 Å². The molecule has 21 heavy (non-hydrogen) atoms. The lowest BCUT2D eigenvalue weighted by Crippen LogP contribution is -2.35. The Kier molecular flexibility index (Phi) is 4.06. The number of aryl methyl sites for hydroxylation is 1. The minimum absolute atomic E-state index is 0.111. The van der Waals surface area contributed by atoms with Crippen LogP contribution in [0.3, 0.4) is 0 Å². The normalized spacial score (nSPS) is 14.7. The number of hydrogen-bond donors (Lipinski definition) is 3. The van der Waals surface area contributed by atoms with Crippen molar-refractivity contribution in [1.82, 2.24) is 5.32 Å². The number of nitrogens with zero attached hydrogens (tertiary/aromatic N) is 1. The van der Waals surface area contributed by atoms with E-state index in [0.29, 0.717) is 18.5 Å². The van der Waals surface area contributed by atoms with Crippen LogP contribution in [0, 0.1) is 10.1 Å². The van der Waals surface area contributed by atoms with Gasteiger partial charge in [-0.05, 0) is 25.0 Å². The molecule has 0 saturated heterocycles. The highest BCUT2D eigenvalue weighted by molar-refractivity contribution is 5.95. The summed E-state index contributed by atoms with van der Waals surface area (Å²) in [6, 6.07) is 2.31. The number of benzene rings is 1. The highest BCUT2D eigenvalue weighted by Crippen LogP contribution is 2.34. The van der Waals surface area contributed by atoms with E-state index in [-0.39, 0.29) is 23.2 Å². The molecule has 8 heteroatoms. The summed E-state index contributed by atoms with van der Waals surface area (Å²) in [7, 11) is 1.49. The second-order valence-corrected chi connectivity index (χ2v) is 4.81. The molecule has 112 valence electrons. The number of nitro groups is 1. The van der Waals surface area contributed by atoms with Gasteiger partial charge in [0.15, 0.2) is 0 Å². The van der Waals surface area contributed by atoms with Gasteiger partial charge < -0.3 is 16.0 Å². The molecule has 0 spiro atoms. The van der Waals surface area contributed by atoms with Crippen LogP contribution in [0.25, 0.3) is 0 Å². The summed E-state index contributed by atoms with van der Waals surface area (Å²) in [5.41, 5.74) is 1.36. The van der Waals surface area contributed by atoms with Gasteiger partial charge in [0.2, 0.25) is 11.8 Å². The van der Waals surface area contributed by atoms with Gasteiger partial charge in [0.05, 0.1) is 4.92 Å². The Balaban J connectivity index is 2.38. The molecule has 1 aromatic rings. The highest BCUT2D eigenvalue weighted by atomic mass is 16.6. The summed E-state index contributed by atoms with van der Waals surface area (Å²) in [4.78, 5) is 33.6. The van der Waals surface area contributed by atoms with Crippen molar-refractivity contribution in [3.63, 3.8) is 0 Å². The minimum Gasteiger partial charge on any atom is -0.368 e. The van der Waals surface area contributed by atoms with Gasteiger partial charge in [0, 0.05) is 25.2 Å². The number of carbonyl (C=O) groups excluding carboxylic acids is 2. The van der Waals surface area contributed by atoms with Crippen LogP contribution in [0.1, 0.15) is 18.9 Å². The fourth-order valence-corrected chi connectivity index (χ4v) is 2.20. The maximum atomic E-state index is 11.5. The van der Waals surface area contributed by atoms with Gasteiger partial charge in [0.1, 0.15) is 11.7 Å².